The van der Waals surface area contributed by atoms with E-state index in [1.165, 1.54) is 23.1 Å². The smallest absolute Gasteiger partial charge is 0.289 e. The summed E-state index contributed by atoms with van der Waals surface area (Å²) in [5.74, 6) is -0.960. The number of nitrogens with one attached hydrogen (secondary N) is 1. The fourth-order valence-electron chi connectivity index (χ4n) is 3.23. The van der Waals surface area contributed by atoms with Gasteiger partial charge in [-0.15, -0.1) is 0 Å². The van der Waals surface area contributed by atoms with Gasteiger partial charge in [-0.2, -0.15) is 0 Å². The van der Waals surface area contributed by atoms with E-state index in [2.05, 4.69) is 5.32 Å². The fourth-order valence-corrected chi connectivity index (χ4v) is 3.99. The fraction of sp³-hybridized carbons (Fsp3) is 0.471. The van der Waals surface area contributed by atoms with Gasteiger partial charge in [0.1, 0.15) is 0 Å². The molecule has 8 heteroatoms. The van der Waals surface area contributed by atoms with Crippen LogP contribution in [0.2, 0.25) is 0 Å². The summed E-state index contributed by atoms with van der Waals surface area (Å²) in [6.07, 6.45) is 3.19. The molecule has 1 aromatic rings. The first-order chi connectivity index (χ1) is 12.1. The Kier molecular flexibility index (Phi) is 5.57. The third-order valence-electron chi connectivity index (χ3n) is 4.39. The Labute approximate surface area is 149 Å². The van der Waals surface area contributed by atoms with Crippen molar-refractivity contribution in [1.82, 2.24) is 10.2 Å². The molecule has 0 radical (unpaired) electrons. The highest BCUT2D eigenvalue weighted by Crippen LogP contribution is 2.30. The van der Waals surface area contributed by atoms with Crippen LogP contribution >= 0.6 is 11.8 Å². The number of benzene rings is 1. The zero-order chi connectivity index (χ0) is 17.8. The molecule has 1 saturated carbocycles. The molecule has 2 aliphatic rings. The Morgan fingerprint density at radius 3 is 2.76 bits per heavy atom. The van der Waals surface area contributed by atoms with Crippen LogP contribution in [0.25, 0.3) is 0 Å². The Hall–Kier alpha value is -2.09. The first-order valence-corrected chi connectivity index (χ1v) is 9.20. The monoisotopic (exact) mass is 366 g/mol. The molecule has 1 aliphatic heterocycles. The van der Waals surface area contributed by atoms with Gasteiger partial charge in [-0.1, -0.05) is 36.7 Å². The number of nitrogens with zero attached hydrogens (tertiary/aromatic N) is 1. The van der Waals surface area contributed by atoms with Gasteiger partial charge < -0.3 is 10.1 Å². The number of ether oxygens (including phenoxy) is 1. The van der Waals surface area contributed by atoms with Crippen LogP contribution in [0.1, 0.15) is 25.7 Å². The molecule has 0 spiro atoms. The lowest BCUT2D eigenvalue weighted by atomic mass is 9.89. The minimum absolute atomic E-state index is 0.0131. The molecule has 1 aromatic carbocycles. The first kappa shape index (κ1) is 17.7. The largest absolute Gasteiger partial charge is 0.481 e. The van der Waals surface area contributed by atoms with Gasteiger partial charge in [-0.25, -0.2) is 4.39 Å². The van der Waals surface area contributed by atoms with Crippen LogP contribution in [0, 0.1) is 5.82 Å². The van der Waals surface area contributed by atoms with E-state index >= 15 is 0 Å². The molecule has 1 N–H and O–H groups in total. The van der Waals surface area contributed by atoms with E-state index in [0.29, 0.717) is 12.8 Å². The van der Waals surface area contributed by atoms with Crippen molar-refractivity contribution in [2.45, 2.75) is 37.8 Å². The molecule has 0 bridgehead atoms. The standard InChI is InChI=1S/C17H19FN2O4S/c18-11-5-1-4-8-14(11)24-9-15(21)19-12-6-2-3-7-13(12)20-16(22)10-25-17(20)23/h1,4-5,8,12-13H,2-3,6-7,9-10H2,(H,19,21)/t12-,13+/m0/s1. The third-order valence-corrected chi connectivity index (χ3v) is 5.22. The molecular weight excluding hydrogens is 347 g/mol. The van der Waals surface area contributed by atoms with Gasteiger partial charge in [0.2, 0.25) is 5.91 Å². The second kappa shape index (κ2) is 7.86. The molecule has 2 atom stereocenters. The van der Waals surface area contributed by atoms with E-state index in [0.717, 1.165) is 24.6 Å². The van der Waals surface area contributed by atoms with Crippen LogP contribution in [0.15, 0.2) is 24.3 Å². The van der Waals surface area contributed by atoms with Gasteiger partial charge in [-0.05, 0) is 25.0 Å². The minimum atomic E-state index is -0.531. The molecule has 6 nitrogen and oxygen atoms in total. The van der Waals surface area contributed by atoms with Crippen LogP contribution in [0.3, 0.4) is 0 Å². The summed E-state index contributed by atoms with van der Waals surface area (Å²) in [4.78, 5) is 37.4. The Bertz CT molecular complexity index is 668. The zero-order valence-electron chi connectivity index (χ0n) is 13.6. The van der Waals surface area contributed by atoms with E-state index in [1.54, 1.807) is 6.07 Å². The molecule has 1 saturated heterocycles. The predicted octanol–water partition coefficient (Wildman–Crippen LogP) is 2.33. The molecule has 134 valence electrons. The first-order valence-electron chi connectivity index (χ1n) is 8.22. The SMILES string of the molecule is O=C(COc1ccccc1F)N[C@H]1CCCC[C@H]1N1C(=O)CSC1=O. The van der Waals surface area contributed by atoms with Crippen molar-refractivity contribution in [2.75, 3.05) is 12.4 Å². The van der Waals surface area contributed by atoms with Crippen LogP contribution in [-0.2, 0) is 9.59 Å². The van der Waals surface area contributed by atoms with Crippen molar-refractivity contribution < 1.29 is 23.5 Å². The van der Waals surface area contributed by atoms with Crippen LogP contribution in [-0.4, -0.2) is 46.4 Å². The van der Waals surface area contributed by atoms with Crippen molar-refractivity contribution in [3.05, 3.63) is 30.1 Å². The number of rotatable bonds is 5. The van der Waals surface area contributed by atoms with Crippen molar-refractivity contribution in [3.8, 4) is 5.75 Å². The zero-order valence-corrected chi connectivity index (χ0v) is 14.4. The molecule has 3 amide bonds. The maximum absolute atomic E-state index is 13.5. The van der Waals surface area contributed by atoms with Gasteiger partial charge in [-0.3, -0.25) is 19.3 Å². The number of halogens is 1. The second-order valence-electron chi connectivity index (χ2n) is 6.06. The summed E-state index contributed by atoms with van der Waals surface area (Å²) < 4.78 is 18.7. The Morgan fingerprint density at radius 1 is 1.28 bits per heavy atom. The maximum Gasteiger partial charge on any atom is 0.289 e. The van der Waals surface area contributed by atoms with Gasteiger partial charge in [0.05, 0.1) is 11.8 Å². The molecule has 0 aromatic heterocycles. The van der Waals surface area contributed by atoms with Gasteiger partial charge >= 0.3 is 0 Å². The third kappa shape index (κ3) is 4.12. The highest BCUT2D eigenvalue weighted by Gasteiger charge is 2.41. The van der Waals surface area contributed by atoms with Crippen molar-refractivity contribution in [1.29, 1.82) is 0 Å². The molecule has 0 unspecified atom stereocenters. The molecule has 1 heterocycles. The second-order valence-corrected chi connectivity index (χ2v) is 6.99. The lowest BCUT2D eigenvalue weighted by molar-refractivity contribution is -0.129. The van der Waals surface area contributed by atoms with Gasteiger partial charge in [0.25, 0.3) is 11.1 Å². The van der Waals surface area contributed by atoms with Crippen molar-refractivity contribution in [2.24, 2.45) is 0 Å². The molecule has 2 fully saturated rings. The number of amides is 3. The summed E-state index contributed by atoms with van der Waals surface area (Å²) in [7, 11) is 0. The lowest BCUT2D eigenvalue weighted by Crippen LogP contribution is -2.55. The molecule has 25 heavy (non-hydrogen) atoms. The summed E-state index contributed by atoms with van der Waals surface area (Å²) in [6, 6.07) is 5.25. The summed E-state index contributed by atoms with van der Waals surface area (Å²) in [5, 5.41) is 2.58. The summed E-state index contributed by atoms with van der Waals surface area (Å²) in [6.45, 7) is -0.319. The summed E-state index contributed by atoms with van der Waals surface area (Å²) in [5.41, 5.74) is 0. The van der Waals surface area contributed by atoms with Gasteiger partial charge in [0, 0.05) is 6.04 Å². The van der Waals surface area contributed by atoms with Crippen LogP contribution < -0.4 is 10.1 Å². The quantitative estimate of drug-likeness (QED) is 0.866. The number of carbonyl (C=O) groups is 3. The van der Waals surface area contributed by atoms with E-state index in [-0.39, 0.29) is 41.3 Å². The lowest BCUT2D eigenvalue weighted by Gasteiger charge is -2.36. The topological polar surface area (TPSA) is 75.7 Å². The Morgan fingerprint density at radius 2 is 2.04 bits per heavy atom. The van der Waals surface area contributed by atoms with Crippen molar-refractivity contribution >= 4 is 28.8 Å². The van der Waals surface area contributed by atoms with Crippen molar-refractivity contribution in [3.63, 3.8) is 0 Å². The maximum atomic E-state index is 13.5. The number of carbonyl (C=O) groups excluding carboxylic acids is 3. The van der Waals surface area contributed by atoms with E-state index in [4.69, 9.17) is 4.74 Å². The number of hydrogen-bond donors (Lipinski definition) is 1. The van der Waals surface area contributed by atoms with E-state index < -0.39 is 11.7 Å². The van der Waals surface area contributed by atoms with Crippen LogP contribution in [0.4, 0.5) is 9.18 Å². The molecule has 3 rings (SSSR count). The van der Waals surface area contributed by atoms with E-state index in [9.17, 15) is 18.8 Å². The van der Waals surface area contributed by atoms with E-state index in [1.807, 2.05) is 0 Å². The highest BCUT2D eigenvalue weighted by atomic mass is 32.2. The molecule has 1 aliphatic carbocycles. The molecular formula is C17H19FN2O4S. The average molecular weight is 366 g/mol. The number of imide groups is 1. The normalized spacial score (nSPS) is 23.6. The average Bonchev–Trinajstić information content (AvgIpc) is 2.93. The number of thioether (sulfide) groups is 1. The highest BCUT2D eigenvalue weighted by molar-refractivity contribution is 8.14. The number of hydrogen-bond acceptors (Lipinski definition) is 5. The predicted molar refractivity (Wildman–Crippen MR) is 90.8 cm³/mol. The van der Waals surface area contributed by atoms with Gasteiger partial charge in [0.15, 0.2) is 18.2 Å². The minimum Gasteiger partial charge on any atom is -0.481 e. The Balaban J connectivity index is 1.59. The van der Waals surface area contributed by atoms with Crippen LogP contribution in [0.5, 0.6) is 5.75 Å². The summed E-state index contributed by atoms with van der Waals surface area (Å²) >= 11 is 0.996. The number of para-hydroxylation sites is 1.